The van der Waals surface area contributed by atoms with E-state index in [-0.39, 0.29) is 0 Å². The lowest BCUT2D eigenvalue weighted by Crippen LogP contribution is -1.68. The van der Waals surface area contributed by atoms with Crippen molar-refractivity contribution in [1.29, 1.82) is 0 Å². The summed E-state index contributed by atoms with van der Waals surface area (Å²) in [4.78, 5) is 3.82. The van der Waals surface area contributed by atoms with Crippen LogP contribution >= 0.6 is 0 Å². The molecule has 2 heterocycles. The summed E-state index contributed by atoms with van der Waals surface area (Å²) in [6, 6.07) is 0. The van der Waals surface area contributed by atoms with Crippen molar-refractivity contribution < 1.29 is 8.94 Å². The predicted octanol–water partition coefficient (Wildman–Crippen LogP) is 0.725. The molecule has 0 amide bonds. The van der Waals surface area contributed by atoms with E-state index in [1.54, 1.807) is 0 Å². The molecular weight excluding hydrogens is 134 g/mol. The minimum Gasteiger partial charge on any atom is -0.442 e. The second-order valence-corrected chi connectivity index (χ2v) is 1.62. The fourth-order valence-electron chi connectivity index (χ4n) is 0.607. The Morgan fingerprint density at radius 2 is 2.40 bits per heavy atom. The van der Waals surface area contributed by atoms with E-state index in [1.165, 1.54) is 18.7 Å². The summed E-state index contributed by atoms with van der Waals surface area (Å²) in [6.07, 6.45) is 4.42. The Labute approximate surface area is 55.7 Å². The Kier molecular flexibility index (Phi) is 1.00. The Hall–Kier alpha value is -1.65. The molecular formula is C5H3N3O2. The third-order valence-electron chi connectivity index (χ3n) is 1.00. The highest BCUT2D eigenvalue weighted by Gasteiger charge is 2.05. The summed E-state index contributed by atoms with van der Waals surface area (Å²) in [5.74, 6) is 0.829. The lowest BCUT2D eigenvalue weighted by atomic mass is 10.5. The van der Waals surface area contributed by atoms with Crippen LogP contribution in [0.15, 0.2) is 27.6 Å². The van der Waals surface area contributed by atoms with Gasteiger partial charge in [0.05, 0.1) is 6.20 Å². The van der Waals surface area contributed by atoms with Gasteiger partial charge in [-0.15, -0.1) is 5.10 Å². The van der Waals surface area contributed by atoms with E-state index in [2.05, 4.69) is 19.9 Å². The molecule has 0 spiro atoms. The van der Waals surface area contributed by atoms with Gasteiger partial charge >= 0.3 is 0 Å². The number of aromatic nitrogens is 3. The van der Waals surface area contributed by atoms with Crippen LogP contribution < -0.4 is 0 Å². The van der Waals surface area contributed by atoms with Crippen LogP contribution in [0.2, 0.25) is 0 Å². The number of oxazole rings is 1. The van der Waals surface area contributed by atoms with Crippen molar-refractivity contribution in [2.24, 2.45) is 0 Å². The van der Waals surface area contributed by atoms with Gasteiger partial charge in [-0.05, 0) is 0 Å². The summed E-state index contributed by atoms with van der Waals surface area (Å²) >= 11 is 0. The van der Waals surface area contributed by atoms with Gasteiger partial charge in [0.15, 0.2) is 0 Å². The molecule has 0 unspecified atom stereocenters. The van der Waals surface area contributed by atoms with E-state index in [9.17, 15) is 0 Å². The molecule has 0 fully saturated rings. The molecule has 0 aliphatic heterocycles. The number of hydrogen-bond acceptors (Lipinski definition) is 5. The van der Waals surface area contributed by atoms with Crippen LogP contribution in [0.1, 0.15) is 0 Å². The van der Waals surface area contributed by atoms with Crippen LogP contribution in [0.4, 0.5) is 0 Å². The van der Waals surface area contributed by atoms with Gasteiger partial charge in [-0.2, -0.15) is 0 Å². The highest BCUT2D eigenvalue weighted by molar-refractivity contribution is 5.39. The first-order valence-electron chi connectivity index (χ1n) is 2.64. The van der Waals surface area contributed by atoms with Gasteiger partial charge in [0.25, 0.3) is 5.89 Å². The van der Waals surface area contributed by atoms with E-state index in [0.717, 1.165) is 0 Å². The molecule has 0 aliphatic carbocycles. The average molecular weight is 137 g/mol. The van der Waals surface area contributed by atoms with Crippen molar-refractivity contribution >= 4 is 0 Å². The van der Waals surface area contributed by atoms with E-state index >= 15 is 0 Å². The van der Waals surface area contributed by atoms with E-state index in [0.29, 0.717) is 11.7 Å². The van der Waals surface area contributed by atoms with Crippen molar-refractivity contribution in [3.05, 3.63) is 18.7 Å². The molecule has 2 aromatic heterocycles. The van der Waals surface area contributed by atoms with Gasteiger partial charge in [0, 0.05) is 5.27 Å². The highest BCUT2D eigenvalue weighted by atomic mass is 16.5. The van der Waals surface area contributed by atoms with Crippen molar-refractivity contribution in [1.82, 2.24) is 15.4 Å². The summed E-state index contributed by atoms with van der Waals surface area (Å²) in [5, 5.41) is 6.71. The molecule has 0 radical (unpaired) electrons. The maximum absolute atomic E-state index is 4.89. The van der Waals surface area contributed by atoms with Crippen molar-refractivity contribution in [2.75, 3.05) is 0 Å². The second kappa shape index (κ2) is 1.94. The second-order valence-electron chi connectivity index (χ2n) is 1.62. The summed E-state index contributed by atoms with van der Waals surface area (Å²) < 4.78 is 9.55. The topological polar surface area (TPSA) is 65.0 Å². The van der Waals surface area contributed by atoms with Gasteiger partial charge in [-0.3, -0.25) is 0 Å². The van der Waals surface area contributed by atoms with Crippen LogP contribution in [0.25, 0.3) is 11.7 Å². The summed E-state index contributed by atoms with van der Waals surface area (Å²) in [6.45, 7) is 0. The highest BCUT2D eigenvalue weighted by Crippen LogP contribution is 2.12. The van der Waals surface area contributed by atoms with Crippen LogP contribution in [-0.2, 0) is 0 Å². The third-order valence-corrected chi connectivity index (χ3v) is 1.00. The van der Waals surface area contributed by atoms with Gasteiger partial charge in [-0.25, -0.2) is 4.98 Å². The van der Waals surface area contributed by atoms with Gasteiger partial charge in [-0.1, -0.05) is 0 Å². The lowest BCUT2D eigenvalue weighted by Gasteiger charge is -1.79. The minimum absolute atomic E-state index is 0.394. The minimum atomic E-state index is 0.394. The first-order chi connectivity index (χ1) is 4.97. The Bertz CT molecular complexity index is 254. The largest absolute Gasteiger partial charge is 0.442 e. The normalized spacial score (nSPS) is 10.0. The zero-order valence-electron chi connectivity index (χ0n) is 4.89. The fraction of sp³-hybridized carbons (Fsp3) is 0. The maximum atomic E-state index is 4.89. The van der Waals surface area contributed by atoms with Gasteiger partial charge in [0.2, 0.25) is 5.76 Å². The molecule has 0 saturated heterocycles. The molecule has 2 rings (SSSR count). The fourth-order valence-corrected chi connectivity index (χ4v) is 0.607. The van der Waals surface area contributed by atoms with Crippen molar-refractivity contribution in [3.8, 4) is 11.7 Å². The molecule has 0 N–H and O–H groups in total. The molecule has 0 atom stereocenters. The lowest BCUT2D eigenvalue weighted by molar-refractivity contribution is 0.391. The van der Waals surface area contributed by atoms with Gasteiger partial charge < -0.3 is 8.94 Å². The monoisotopic (exact) mass is 137 g/mol. The van der Waals surface area contributed by atoms with Crippen LogP contribution in [0.5, 0.6) is 0 Å². The van der Waals surface area contributed by atoms with Crippen molar-refractivity contribution in [3.63, 3.8) is 0 Å². The smallest absolute Gasteiger partial charge is 0.267 e. The first-order valence-corrected chi connectivity index (χ1v) is 2.64. The average Bonchev–Trinajstić information content (AvgIpc) is 2.59. The summed E-state index contributed by atoms with van der Waals surface area (Å²) in [7, 11) is 0. The summed E-state index contributed by atoms with van der Waals surface area (Å²) in [5.41, 5.74) is 0. The molecule has 2 aromatic rings. The van der Waals surface area contributed by atoms with E-state index in [1.807, 2.05) is 0 Å². The molecule has 0 saturated carbocycles. The Morgan fingerprint density at radius 1 is 1.40 bits per heavy atom. The van der Waals surface area contributed by atoms with Crippen LogP contribution in [-0.4, -0.2) is 15.4 Å². The van der Waals surface area contributed by atoms with E-state index < -0.39 is 0 Å². The molecule has 0 bridgehead atoms. The predicted molar refractivity (Wildman–Crippen MR) is 29.8 cm³/mol. The first kappa shape index (κ1) is 5.16. The number of nitrogens with zero attached hydrogens (tertiary/aromatic N) is 3. The van der Waals surface area contributed by atoms with Crippen LogP contribution in [0, 0.1) is 0 Å². The molecule has 50 valence electrons. The quantitative estimate of drug-likeness (QED) is 0.579. The molecule has 0 aliphatic rings. The Balaban J connectivity index is 2.48. The zero-order chi connectivity index (χ0) is 6.81. The Morgan fingerprint density at radius 3 is 3.00 bits per heavy atom. The number of hydrogen-bond donors (Lipinski definition) is 0. The molecule has 0 aromatic carbocycles. The molecule has 5 nitrogen and oxygen atoms in total. The van der Waals surface area contributed by atoms with Crippen molar-refractivity contribution in [2.45, 2.75) is 0 Å². The number of rotatable bonds is 1. The maximum Gasteiger partial charge on any atom is 0.267 e. The zero-order valence-corrected chi connectivity index (χ0v) is 4.89. The molecule has 5 heteroatoms. The van der Waals surface area contributed by atoms with Gasteiger partial charge in [0.1, 0.15) is 12.5 Å². The van der Waals surface area contributed by atoms with E-state index in [4.69, 9.17) is 4.42 Å². The standard InChI is InChI=1S/C5H3N3O2/c1-2-9-5(6-1)4-3-7-8-10-4/h1-3H. The molecule has 10 heavy (non-hydrogen) atoms. The van der Waals surface area contributed by atoms with Crippen LogP contribution in [0.3, 0.4) is 0 Å². The third kappa shape index (κ3) is 0.680. The SMILES string of the molecule is c1coc(-c2cnno2)n1.